The lowest BCUT2D eigenvalue weighted by Gasteiger charge is -2.47. The van der Waals surface area contributed by atoms with Gasteiger partial charge in [0.1, 0.15) is 24.0 Å². The van der Waals surface area contributed by atoms with Crippen LogP contribution in [0.1, 0.15) is 98.8 Å². The van der Waals surface area contributed by atoms with Crippen molar-refractivity contribution in [2.24, 2.45) is 29.6 Å². The fourth-order valence-corrected chi connectivity index (χ4v) is 8.76. The van der Waals surface area contributed by atoms with Gasteiger partial charge >= 0.3 is 5.97 Å². The minimum absolute atomic E-state index is 0.0276. The predicted octanol–water partition coefficient (Wildman–Crippen LogP) is 4.89. The van der Waals surface area contributed by atoms with Crippen LogP contribution < -0.4 is 0 Å². The second-order valence-corrected chi connectivity index (χ2v) is 16.3. The first-order chi connectivity index (χ1) is 25.6. The molecule has 2 bridgehead atoms. The number of ether oxygens (including phenoxy) is 5. The van der Waals surface area contributed by atoms with Gasteiger partial charge in [0.05, 0.1) is 18.3 Å². The highest BCUT2D eigenvalue weighted by molar-refractivity contribution is 6.39. The number of nitrogens with zero attached hydrogens (tertiary/aromatic N) is 1. The smallest absolute Gasteiger partial charge is 0.329 e. The lowest BCUT2D eigenvalue weighted by Crippen LogP contribution is -2.64. The molecule has 3 fully saturated rings. The van der Waals surface area contributed by atoms with Gasteiger partial charge in [-0.3, -0.25) is 14.4 Å². The predicted molar refractivity (Wildman–Crippen MR) is 202 cm³/mol. The molecule has 304 valence electrons. The van der Waals surface area contributed by atoms with Gasteiger partial charge in [-0.15, -0.1) is 6.58 Å². The zero-order valence-electron chi connectivity index (χ0n) is 33.5. The maximum absolute atomic E-state index is 14.2. The van der Waals surface area contributed by atoms with Crippen LogP contribution in [0, 0.1) is 29.6 Å². The number of ketones is 2. The Morgan fingerprint density at radius 3 is 2.33 bits per heavy atom. The van der Waals surface area contributed by atoms with Crippen molar-refractivity contribution in [2.45, 2.75) is 141 Å². The van der Waals surface area contributed by atoms with E-state index in [4.69, 9.17) is 23.7 Å². The van der Waals surface area contributed by atoms with Gasteiger partial charge in [0.15, 0.2) is 0 Å². The number of Topliss-reactive ketones (excluding diaryl/α,β-unsaturated/α-hetero) is 2. The van der Waals surface area contributed by atoms with Gasteiger partial charge in [-0.1, -0.05) is 44.6 Å². The average Bonchev–Trinajstić information content (AvgIpc) is 3.15. The Morgan fingerprint density at radius 1 is 1.02 bits per heavy atom. The molecule has 3 saturated heterocycles. The van der Waals surface area contributed by atoms with E-state index in [1.54, 1.807) is 19.9 Å². The average molecular weight is 760 g/mol. The fraction of sp³-hybridized carbons (Fsp3) is 0.762. The van der Waals surface area contributed by atoms with E-state index in [0.29, 0.717) is 45.3 Å². The second-order valence-electron chi connectivity index (χ2n) is 16.3. The Morgan fingerprint density at radius 2 is 1.69 bits per heavy atom. The first-order valence-corrected chi connectivity index (χ1v) is 19.9. The Bertz CT molecular complexity index is 1390. The van der Waals surface area contributed by atoms with Crippen LogP contribution in [0.2, 0.25) is 0 Å². The third kappa shape index (κ3) is 10.6. The molecule has 4 aliphatic rings. The Hall–Kier alpha value is -2.74. The molecular formula is C42H65NO11. The number of hydrogen-bond donors (Lipinski definition) is 2. The summed E-state index contributed by atoms with van der Waals surface area (Å²) < 4.78 is 29.7. The maximum Gasteiger partial charge on any atom is 0.329 e. The molecule has 0 radical (unpaired) electrons. The molecule has 4 heterocycles. The molecule has 11 atom stereocenters. The summed E-state index contributed by atoms with van der Waals surface area (Å²) in [5.41, 5.74) is 1.71. The molecule has 0 aliphatic carbocycles. The molecule has 1 amide bonds. The first kappa shape index (κ1) is 44.0. The quantitative estimate of drug-likeness (QED) is 0.216. The third-order valence-electron chi connectivity index (χ3n) is 12.0. The van der Waals surface area contributed by atoms with E-state index < -0.39 is 77.8 Å². The highest BCUT2D eigenvalue weighted by Crippen LogP contribution is 2.39. The number of carbonyl (C=O) groups excluding carboxylic acids is 4. The normalized spacial score (nSPS) is 38.8. The summed E-state index contributed by atoms with van der Waals surface area (Å²) in [6.45, 7) is 14.5. The molecule has 54 heavy (non-hydrogen) atoms. The number of amides is 1. The molecule has 0 spiro atoms. The summed E-state index contributed by atoms with van der Waals surface area (Å²) >= 11 is 0. The number of piperidine rings is 1. The molecule has 2 N–H and O–H groups in total. The molecule has 0 aromatic heterocycles. The largest absolute Gasteiger partial charge is 0.456 e. The fourth-order valence-electron chi connectivity index (χ4n) is 8.76. The summed E-state index contributed by atoms with van der Waals surface area (Å²) in [5.74, 6) is -7.30. The summed E-state index contributed by atoms with van der Waals surface area (Å²) in [4.78, 5) is 57.5. The van der Waals surface area contributed by atoms with Crippen LogP contribution in [0.5, 0.6) is 0 Å². The molecule has 4 aliphatic heterocycles. The van der Waals surface area contributed by atoms with E-state index in [1.165, 1.54) is 19.1 Å². The molecular weight excluding hydrogens is 694 g/mol. The first-order valence-electron chi connectivity index (χ1n) is 19.9. The second kappa shape index (κ2) is 19.9. The lowest BCUT2D eigenvalue weighted by molar-refractivity contribution is -0.302. The number of fused-ring (bicyclic) bond motifs is 3. The lowest BCUT2D eigenvalue weighted by atomic mass is 9.82. The minimum Gasteiger partial charge on any atom is -0.456 e. The van der Waals surface area contributed by atoms with Crippen molar-refractivity contribution >= 4 is 23.4 Å². The van der Waals surface area contributed by atoms with Crippen LogP contribution in [0.25, 0.3) is 0 Å². The number of allylic oxidation sites excluding steroid dienone is 4. The van der Waals surface area contributed by atoms with E-state index >= 15 is 0 Å². The summed E-state index contributed by atoms with van der Waals surface area (Å²) in [7, 11) is 3.07. The van der Waals surface area contributed by atoms with Gasteiger partial charge in [0.25, 0.3) is 11.7 Å². The van der Waals surface area contributed by atoms with E-state index in [1.807, 2.05) is 26.8 Å². The van der Waals surface area contributed by atoms with E-state index in [2.05, 4.69) is 12.7 Å². The van der Waals surface area contributed by atoms with Crippen molar-refractivity contribution in [1.29, 1.82) is 0 Å². The molecule has 0 aromatic carbocycles. The van der Waals surface area contributed by atoms with Crippen LogP contribution in [-0.2, 0) is 42.9 Å². The van der Waals surface area contributed by atoms with E-state index in [-0.39, 0.29) is 43.4 Å². The SMILES string of the molecule is C=CC[C@@H]1/C=C(\C)C[C@H](C)C[C@H](OC)[C@H]2O[C@@](O)(C(=O)C(=O)N3CCCC[C@H]3C(=O)O[C@@H](/C(C)=C/C3CCOCC3)[C@H](C)[C@@H](O)CC1=O)[C@H](C)C[C@@H]2OC. The zero-order chi connectivity index (χ0) is 39.7. The van der Waals surface area contributed by atoms with Gasteiger partial charge in [0.2, 0.25) is 5.79 Å². The maximum atomic E-state index is 14.2. The number of rotatable bonds is 6. The van der Waals surface area contributed by atoms with Crippen molar-refractivity contribution < 1.29 is 53.1 Å². The van der Waals surface area contributed by atoms with Gasteiger partial charge in [0, 0.05) is 58.2 Å². The zero-order valence-corrected chi connectivity index (χ0v) is 33.5. The van der Waals surface area contributed by atoms with Crippen LogP contribution in [0.3, 0.4) is 0 Å². The van der Waals surface area contributed by atoms with Gasteiger partial charge < -0.3 is 38.8 Å². The van der Waals surface area contributed by atoms with Crippen molar-refractivity contribution in [3.05, 3.63) is 36.0 Å². The van der Waals surface area contributed by atoms with Crippen molar-refractivity contribution in [3.63, 3.8) is 0 Å². The molecule has 0 unspecified atom stereocenters. The van der Waals surface area contributed by atoms with Gasteiger partial charge in [-0.25, -0.2) is 4.79 Å². The summed E-state index contributed by atoms with van der Waals surface area (Å²) in [6.07, 6.45) is 6.20. The van der Waals surface area contributed by atoms with Crippen molar-refractivity contribution in [1.82, 2.24) is 4.90 Å². The number of aliphatic hydroxyl groups is 2. The standard InChI is InChI=1S/C42H65NO11/c1-9-12-31-20-25(2)19-26(3)21-35(50-7)38-36(51-8)23-28(5)42(49,54-38)39(46)40(47)43-16-11-10-13-32(43)41(48)53-37(29(6)33(44)24-34(31)45)27(4)22-30-14-17-52-18-15-30/h9,20,22,26,28-33,35-38,44,49H,1,10-19,21,23-24H2,2-8H3/b25-20+,27-22+/t26-,28+,29+,31+,32-,33-,35-,36-,37-,38+,42+/m0/s1. The van der Waals surface area contributed by atoms with E-state index in [9.17, 15) is 29.4 Å². The van der Waals surface area contributed by atoms with Crippen LogP contribution >= 0.6 is 0 Å². The number of cyclic esters (lactones) is 1. The summed E-state index contributed by atoms with van der Waals surface area (Å²) in [6, 6.07) is -1.10. The highest BCUT2D eigenvalue weighted by atomic mass is 16.7. The Balaban J connectivity index is 1.77. The van der Waals surface area contributed by atoms with Gasteiger partial charge in [-0.2, -0.15) is 0 Å². The molecule has 0 aromatic rings. The number of aliphatic hydroxyl groups excluding tert-OH is 1. The Kier molecular flexibility index (Phi) is 16.2. The molecule has 12 nitrogen and oxygen atoms in total. The van der Waals surface area contributed by atoms with Crippen LogP contribution in [-0.4, -0.2) is 115 Å². The monoisotopic (exact) mass is 759 g/mol. The van der Waals surface area contributed by atoms with Gasteiger partial charge in [-0.05, 0) is 89.0 Å². The highest BCUT2D eigenvalue weighted by Gasteiger charge is 2.56. The van der Waals surface area contributed by atoms with Crippen LogP contribution in [0.4, 0.5) is 0 Å². The molecule has 0 saturated carbocycles. The topological polar surface area (TPSA) is 158 Å². The molecule has 12 heteroatoms. The van der Waals surface area contributed by atoms with Crippen molar-refractivity contribution in [2.75, 3.05) is 34.0 Å². The number of esters is 1. The minimum atomic E-state index is -2.49. The Labute approximate surface area is 321 Å². The van der Waals surface area contributed by atoms with Crippen molar-refractivity contribution in [3.8, 4) is 0 Å². The third-order valence-corrected chi connectivity index (χ3v) is 12.0. The number of carbonyl (C=O) groups is 4. The number of methoxy groups -OCH3 is 2. The molecule has 4 rings (SSSR count). The van der Waals surface area contributed by atoms with E-state index in [0.717, 1.165) is 24.0 Å². The summed E-state index contributed by atoms with van der Waals surface area (Å²) in [5, 5.41) is 23.6. The number of hydrogen-bond acceptors (Lipinski definition) is 11. The van der Waals surface area contributed by atoms with Crippen LogP contribution in [0.15, 0.2) is 36.0 Å².